The van der Waals surface area contributed by atoms with E-state index in [0.717, 1.165) is 20.1 Å². The van der Waals surface area contributed by atoms with Crippen molar-refractivity contribution < 1.29 is 18.7 Å². The monoisotopic (exact) mass is 574 g/mol. The fraction of sp³-hybridized carbons (Fsp3) is 0.120. The second-order valence-corrected chi connectivity index (χ2v) is 8.63. The van der Waals surface area contributed by atoms with Gasteiger partial charge in [-0.1, -0.05) is 41.9 Å². The van der Waals surface area contributed by atoms with Crippen LogP contribution in [-0.4, -0.2) is 18.7 Å². The van der Waals surface area contributed by atoms with Crippen LogP contribution in [0.2, 0.25) is 5.02 Å². The number of rotatable bonds is 8. The van der Waals surface area contributed by atoms with E-state index in [0.29, 0.717) is 35.3 Å². The average Bonchev–Trinajstić information content (AvgIpc) is 3.23. The number of ether oxygens (including phenoxy) is 2. The largest absolute Gasteiger partial charge is 0.490 e. The number of hydrazone groups is 1. The van der Waals surface area contributed by atoms with Crippen molar-refractivity contribution in [1.82, 2.24) is 5.43 Å². The van der Waals surface area contributed by atoms with E-state index in [4.69, 9.17) is 25.5 Å². The molecule has 3 aromatic carbocycles. The Balaban J connectivity index is 1.46. The van der Waals surface area contributed by atoms with Crippen LogP contribution in [0.4, 0.5) is 0 Å². The number of carbonyl (C=O) groups is 1. The fourth-order valence-electron chi connectivity index (χ4n) is 3.14. The Morgan fingerprint density at radius 3 is 2.73 bits per heavy atom. The normalized spacial score (nSPS) is 11.1. The summed E-state index contributed by atoms with van der Waals surface area (Å²) in [6, 6.07) is 20.4. The zero-order chi connectivity index (χ0) is 23.2. The van der Waals surface area contributed by atoms with Crippen molar-refractivity contribution in [3.63, 3.8) is 0 Å². The summed E-state index contributed by atoms with van der Waals surface area (Å²) in [5.41, 5.74) is 4.89. The summed E-state index contributed by atoms with van der Waals surface area (Å²) in [5.74, 6) is 0.977. The van der Waals surface area contributed by atoms with Crippen molar-refractivity contribution in [2.24, 2.45) is 5.10 Å². The lowest BCUT2D eigenvalue weighted by Crippen LogP contribution is -2.16. The molecule has 6 nitrogen and oxygen atoms in total. The predicted molar refractivity (Wildman–Crippen MR) is 137 cm³/mol. The summed E-state index contributed by atoms with van der Waals surface area (Å²) in [4.78, 5) is 12.4. The molecule has 0 aliphatic carbocycles. The standard InChI is InChI=1S/C25H20ClIN2O4/c1-2-31-22-11-17(10-20(27)24(22)32-15-16-6-4-3-5-7-16)14-28-29-25(30)23-13-18-12-19(26)8-9-21(18)33-23/h3-14H,2,15H2,1H3,(H,29,30)/b28-14+. The Bertz CT molecular complexity index is 1300. The van der Waals surface area contributed by atoms with Gasteiger partial charge in [-0.25, -0.2) is 5.43 Å². The highest BCUT2D eigenvalue weighted by Gasteiger charge is 2.14. The highest BCUT2D eigenvalue weighted by atomic mass is 127. The molecule has 0 fully saturated rings. The van der Waals surface area contributed by atoms with E-state index in [-0.39, 0.29) is 5.76 Å². The Kier molecular flexibility index (Phi) is 7.51. The molecule has 4 rings (SSSR count). The van der Waals surface area contributed by atoms with E-state index in [9.17, 15) is 4.79 Å². The van der Waals surface area contributed by atoms with Gasteiger partial charge in [-0.3, -0.25) is 4.79 Å². The minimum Gasteiger partial charge on any atom is -0.490 e. The molecule has 0 bridgehead atoms. The number of benzene rings is 3. The molecule has 0 saturated carbocycles. The molecule has 168 valence electrons. The van der Waals surface area contributed by atoms with E-state index < -0.39 is 5.91 Å². The van der Waals surface area contributed by atoms with Crippen LogP contribution in [0.15, 0.2) is 76.2 Å². The molecular formula is C25H20ClIN2O4. The summed E-state index contributed by atoms with van der Waals surface area (Å²) in [6.45, 7) is 2.84. The summed E-state index contributed by atoms with van der Waals surface area (Å²) in [7, 11) is 0. The van der Waals surface area contributed by atoms with Crippen molar-refractivity contribution in [2.75, 3.05) is 6.61 Å². The molecule has 4 aromatic rings. The topological polar surface area (TPSA) is 73.1 Å². The van der Waals surface area contributed by atoms with E-state index >= 15 is 0 Å². The van der Waals surface area contributed by atoms with Crippen LogP contribution < -0.4 is 14.9 Å². The van der Waals surface area contributed by atoms with Gasteiger partial charge in [-0.05, 0) is 77.0 Å². The number of hydrogen-bond acceptors (Lipinski definition) is 5. The summed E-state index contributed by atoms with van der Waals surface area (Å²) < 4.78 is 18.2. The van der Waals surface area contributed by atoms with Gasteiger partial charge < -0.3 is 13.9 Å². The molecule has 1 amide bonds. The quantitative estimate of drug-likeness (QED) is 0.150. The molecule has 8 heteroatoms. The highest BCUT2D eigenvalue weighted by Crippen LogP contribution is 2.34. The van der Waals surface area contributed by atoms with Gasteiger partial charge in [0.1, 0.15) is 12.2 Å². The minimum absolute atomic E-state index is 0.152. The van der Waals surface area contributed by atoms with E-state index in [1.165, 1.54) is 0 Å². The maximum atomic E-state index is 12.4. The third kappa shape index (κ3) is 5.85. The first kappa shape index (κ1) is 23.1. The molecule has 0 unspecified atom stereocenters. The van der Waals surface area contributed by atoms with Crippen LogP contribution in [0.1, 0.15) is 28.6 Å². The third-order valence-electron chi connectivity index (χ3n) is 4.64. The number of nitrogens with zero attached hydrogens (tertiary/aromatic N) is 1. The Hall–Kier alpha value is -3.04. The molecule has 1 aromatic heterocycles. The highest BCUT2D eigenvalue weighted by molar-refractivity contribution is 14.1. The molecule has 1 heterocycles. The first-order chi connectivity index (χ1) is 16.0. The molecule has 0 aliphatic heterocycles. The van der Waals surface area contributed by atoms with Gasteiger partial charge in [0.25, 0.3) is 0 Å². The second kappa shape index (κ2) is 10.7. The molecule has 0 atom stereocenters. The van der Waals surface area contributed by atoms with Gasteiger partial charge in [0.05, 0.1) is 16.4 Å². The number of fused-ring (bicyclic) bond motifs is 1. The fourth-order valence-corrected chi connectivity index (χ4v) is 4.10. The third-order valence-corrected chi connectivity index (χ3v) is 5.68. The van der Waals surface area contributed by atoms with Crippen molar-refractivity contribution in [2.45, 2.75) is 13.5 Å². The van der Waals surface area contributed by atoms with Crippen molar-refractivity contribution >= 4 is 57.3 Å². The number of nitrogens with one attached hydrogen (secondary N) is 1. The number of furan rings is 1. The van der Waals surface area contributed by atoms with Gasteiger partial charge in [-0.15, -0.1) is 0 Å². The van der Waals surface area contributed by atoms with Gasteiger partial charge in [0.2, 0.25) is 0 Å². The van der Waals surface area contributed by atoms with Gasteiger partial charge >= 0.3 is 5.91 Å². The van der Waals surface area contributed by atoms with Crippen LogP contribution >= 0.6 is 34.2 Å². The Morgan fingerprint density at radius 1 is 1.12 bits per heavy atom. The smallest absolute Gasteiger partial charge is 0.307 e. The van der Waals surface area contributed by atoms with E-state index in [2.05, 4.69) is 33.1 Å². The SMILES string of the molecule is CCOc1cc(/C=N/NC(=O)c2cc3cc(Cl)ccc3o2)cc(I)c1OCc1ccccc1. The number of carbonyl (C=O) groups excluding carboxylic acids is 1. The summed E-state index contributed by atoms with van der Waals surface area (Å²) in [6.07, 6.45) is 1.54. The van der Waals surface area contributed by atoms with Crippen LogP contribution in [-0.2, 0) is 6.61 Å². The van der Waals surface area contributed by atoms with Crippen molar-refractivity contribution in [3.8, 4) is 11.5 Å². The molecule has 33 heavy (non-hydrogen) atoms. The Morgan fingerprint density at radius 2 is 1.94 bits per heavy atom. The molecular weight excluding hydrogens is 555 g/mol. The van der Waals surface area contributed by atoms with Crippen molar-refractivity contribution in [3.05, 3.63) is 92.2 Å². The van der Waals surface area contributed by atoms with Crippen LogP contribution in [0, 0.1) is 3.57 Å². The zero-order valence-electron chi connectivity index (χ0n) is 17.7. The second-order valence-electron chi connectivity index (χ2n) is 7.03. The first-order valence-electron chi connectivity index (χ1n) is 10.2. The lowest BCUT2D eigenvalue weighted by atomic mass is 10.2. The number of amides is 1. The van der Waals surface area contributed by atoms with Crippen LogP contribution in [0.5, 0.6) is 11.5 Å². The maximum absolute atomic E-state index is 12.4. The summed E-state index contributed by atoms with van der Waals surface area (Å²) in [5, 5.41) is 5.38. The number of hydrogen-bond donors (Lipinski definition) is 1. The molecule has 0 saturated heterocycles. The van der Waals surface area contributed by atoms with Crippen molar-refractivity contribution in [1.29, 1.82) is 0 Å². The first-order valence-corrected chi connectivity index (χ1v) is 11.6. The van der Waals surface area contributed by atoms with Gasteiger partial charge in [0.15, 0.2) is 17.3 Å². The average molecular weight is 575 g/mol. The predicted octanol–water partition coefficient (Wildman–Crippen LogP) is 6.43. The van der Waals surface area contributed by atoms with Gasteiger partial charge in [0, 0.05) is 10.4 Å². The van der Waals surface area contributed by atoms with E-state index in [1.54, 1.807) is 30.5 Å². The molecule has 1 N–H and O–H groups in total. The maximum Gasteiger partial charge on any atom is 0.307 e. The molecule has 0 radical (unpaired) electrons. The van der Waals surface area contributed by atoms with Crippen LogP contribution in [0.3, 0.4) is 0 Å². The summed E-state index contributed by atoms with van der Waals surface area (Å²) >= 11 is 8.18. The minimum atomic E-state index is -0.457. The Labute approximate surface area is 209 Å². The lowest BCUT2D eigenvalue weighted by Gasteiger charge is -2.14. The van der Waals surface area contributed by atoms with Crippen LogP contribution in [0.25, 0.3) is 11.0 Å². The molecule has 0 aliphatic rings. The lowest BCUT2D eigenvalue weighted by molar-refractivity contribution is 0.0929. The van der Waals surface area contributed by atoms with Gasteiger partial charge in [-0.2, -0.15) is 5.10 Å². The zero-order valence-corrected chi connectivity index (χ0v) is 20.6. The molecule has 0 spiro atoms. The number of halogens is 2. The van der Waals surface area contributed by atoms with E-state index in [1.807, 2.05) is 49.4 Å².